The number of nitrogens with zero attached hydrogens (tertiary/aromatic N) is 5. The fourth-order valence-corrected chi connectivity index (χ4v) is 6.00. The number of imidazole rings is 1. The number of hydrogen-bond acceptors (Lipinski definition) is 11. The van der Waals surface area contributed by atoms with Gasteiger partial charge in [-0.3, -0.25) is 4.57 Å². The Balaban J connectivity index is 1.33. The van der Waals surface area contributed by atoms with E-state index in [1.165, 1.54) is 6.33 Å². The number of fused-ring (bicyclic) bond motifs is 1. The van der Waals surface area contributed by atoms with E-state index in [9.17, 15) is 20.1 Å². The van der Waals surface area contributed by atoms with Gasteiger partial charge >= 0.3 is 6.09 Å². The molecule has 2 aliphatic heterocycles. The molecule has 46 heavy (non-hydrogen) atoms. The number of benzene rings is 2. The lowest BCUT2D eigenvalue weighted by Crippen LogP contribution is -2.40. The summed E-state index contributed by atoms with van der Waals surface area (Å²) >= 11 is 0. The smallest absolute Gasteiger partial charge is 0.407 e. The van der Waals surface area contributed by atoms with E-state index in [1.807, 2.05) is 62.1 Å². The summed E-state index contributed by atoms with van der Waals surface area (Å²) in [5, 5.41) is 37.4. The van der Waals surface area contributed by atoms with Crippen molar-refractivity contribution in [1.82, 2.24) is 24.8 Å². The van der Waals surface area contributed by atoms with Crippen molar-refractivity contribution in [3.05, 3.63) is 78.1 Å². The number of ether oxygens (including phenoxy) is 2. The molecule has 244 valence electrons. The van der Waals surface area contributed by atoms with Gasteiger partial charge in [-0.05, 0) is 38.3 Å². The number of aromatic nitrogens is 4. The van der Waals surface area contributed by atoms with Crippen molar-refractivity contribution < 1.29 is 29.6 Å². The molecule has 5 atom stereocenters. The molecular formula is C33H41N7O6. The van der Waals surface area contributed by atoms with Crippen molar-refractivity contribution in [2.45, 2.75) is 69.3 Å². The zero-order chi connectivity index (χ0) is 32.4. The predicted molar refractivity (Wildman–Crippen MR) is 172 cm³/mol. The topological polar surface area (TPSA) is 167 Å². The lowest BCUT2D eigenvalue weighted by Gasteiger charge is -2.23. The number of carbonyl (C=O) groups is 1. The Morgan fingerprint density at radius 1 is 1.04 bits per heavy atom. The first-order chi connectivity index (χ1) is 22.1. The third kappa shape index (κ3) is 6.77. The summed E-state index contributed by atoms with van der Waals surface area (Å²) in [6.45, 7) is 6.56. The fraction of sp³-hybridized carbons (Fsp3) is 0.455. The summed E-state index contributed by atoms with van der Waals surface area (Å²) < 4.78 is 12.8. The first kappa shape index (κ1) is 31.7. The molecular weight excluding hydrogens is 590 g/mol. The number of aliphatic hydroxyl groups excluding tert-OH is 3. The van der Waals surface area contributed by atoms with Gasteiger partial charge in [-0.15, -0.1) is 0 Å². The van der Waals surface area contributed by atoms with Crippen LogP contribution < -0.4 is 15.5 Å². The van der Waals surface area contributed by atoms with E-state index < -0.39 is 42.8 Å². The Kier molecular flexibility index (Phi) is 9.09. The molecule has 2 fully saturated rings. The third-order valence-corrected chi connectivity index (χ3v) is 8.27. The second-order valence-electron chi connectivity index (χ2n) is 12.8. The number of nitrogens with one attached hydrogen (secondary N) is 2. The van der Waals surface area contributed by atoms with Crippen LogP contribution in [0.4, 0.5) is 16.6 Å². The van der Waals surface area contributed by atoms with Gasteiger partial charge < -0.3 is 40.3 Å². The van der Waals surface area contributed by atoms with E-state index in [2.05, 4.69) is 39.9 Å². The normalized spacial score (nSPS) is 23.3. The van der Waals surface area contributed by atoms with Crippen LogP contribution in [0.1, 0.15) is 50.5 Å². The summed E-state index contributed by atoms with van der Waals surface area (Å²) in [5.41, 5.74) is 2.52. The van der Waals surface area contributed by atoms with E-state index in [0.29, 0.717) is 49.0 Å². The largest absolute Gasteiger partial charge is 0.444 e. The quantitative estimate of drug-likeness (QED) is 0.184. The lowest BCUT2D eigenvalue weighted by atomic mass is 9.91. The summed E-state index contributed by atoms with van der Waals surface area (Å²) in [5.74, 6) is 0.909. The van der Waals surface area contributed by atoms with E-state index in [1.54, 1.807) is 4.57 Å². The number of aliphatic hydroxyl groups is 3. The molecule has 2 aromatic carbocycles. The second-order valence-corrected chi connectivity index (χ2v) is 12.8. The van der Waals surface area contributed by atoms with E-state index in [-0.39, 0.29) is 12.0 Å². The van der Waals surface area contributed by atoms with Crippen LogP contribution in [0.3, 0.4) is 0 Å². The van der Waals surface area contributed by atoms with E-state index in [0.717, 1.165) is 11.1 Å². The van der Waals surface area contributed by atoms with Crippen LogP contribution in [-0.2, 0) is 9.47 Å². The van der Waals surface area contributed by atoms with Gasteiger partial charge in [0.2, 0.25) is 5.95 Å². The van der Waals surface area contributed by atoms with Crippen molar-refractivity contribution in [2.24, 2.45) is 0 Å². The van der Waals surface area contributed by atoms with Gasteiger partial charge in [-0.1, -0.05) is 60.7 Å². The highest BCUT2D eigenvalue weighted by Gasteiger charge is 2.44. The predicted octanol–water partition coefficient (Wildman–Crippen LogP) is 2.79. The first-order valence-corrected chi connectivity index (χ1v) is 15.6. The average molecular weight is 632 g/mol. The van der Waals surface area contributed by atoms with Crippen LogP contribution in [0.5, 0.6) is 0 Å². The van der Waals surface area contributed by atoms with Gasteiger partial charge in [0.25, 0.3) is 0 Å². The van der Waals surface area contributed by atoms with E-state index in [4.69, 9.17) is 19.4 Å². The zero-order valence-electron chi connectivity index (χ0n) is 26.2. The number of hydrogen-bond donors (Lipinski definition) is 5. The summed E-state index contributed by atoms with van der Waals surface area (Å²) in [4.78, 5) is 28.8. The zero-order valence-corrected chi connectivity index (χ0v) is 26.2. The van der Waals surface area contributed by atoms with E-state index >= 15 is 0 Å². The molecule has 13 heteroatoms. The van der Waals surface area contributed by atoms with Gasteiger partial charge in [0, 0.05) is 25.6 Å². The molecule has 2 saturated heterocycles. The van der Waals surface area contributed by atoms with Crippen molar-refractivity contribution in [2.75, 3.05) is 36.5 Å². The number of rotatable bonds is 9. The molecule has 4 heterocycles. The number of amides is 1. The van der Waals surface area contributed by atoms with Crippen molar-refractivity contribution in [3.63, 3.8) is 0 Å². The lowest BCUT2D eigenvalue weighted by molar-refractivity contribution is -0.0511. The minimum absolute atomic E-state index is 0.00703. The summed E-state index contributed by atoms with van der Waals surface area (Å²) in [7, 11) is 0. The average Bonchev–Trinajstić information content (AvgIpc) is 3.75. The van der Waals surface area contributed by atoms with Crippen molar-refractivity contribution in [1.29, 1.82) is 0 Å². The van der Waals surface area contributed by atoms with Crippen LogP contribution in [0.2, 0.25) is 0 Å². The highest BCUT2D eigenvalue weighted by Crippen LogP contribution is 2.34. The number of alkyl carbamates (subject to hydrolysis) is 1. The first-order valence-electron chi connectivity index (χ1n) is 15.6. The molecule has 13 nitrogen and oxygen atoms in total. The summed E-state index contributed by atoms with van der Waals surface area (Å²) in [6.07, 6.45) is -2.87. The molecule has 6 rings (SSSR count). The molecule has 2 aromatic heterocycles. The highest BCUT2D eigenvalue weighted by atomic mass is 16.6. The van der Waals surface area contributed by atoms with Gasteiger partial charge in [0.1, 0.15) is 23.9 Å². The fourth-order valence-electron chi connectivity index (χ4n) is 6.00. The van der Waals surface area contributed by atoms with Crippen LogP contribution in [0.15, 0.2) is 67.0 Å². The summed E-state index contributed by atoms with van der Waals surface area (Å²) in [6, 6.07) is 20.3. The molecule has 0 spiro atoms. The van der Waals surface area contributed by atoms with Crippen LogP contribution in [0.25, 0.3) is 11.2 Å². The van der Waals surface area contributed by atoms with Crippen molar-refractivity contribution >= 4 is 29.0 Å². The van der Waals surface area contributed by atoms with Gasteiger partial charge in [0.05, 0.1) is 19.0 Å². The van der Waals surface area contributed by atoms with Gasteiger partial charge in [-0.2, -0.15) is 9.97 Å². The van der Waals surface area contributed by atoms with Crippen LogP contribution in [-0.4, -0.2) is 97.1 Å². The maximum atomic E-state index is 12.5. The Bertz CT molecular complexity index is 1590. The maximum absolute atomic E-state index is 12.5. The Morgan fingerprint density at radius 2 is 1.72 bits per heavy atom. The molecule has 2 aliphatic rings. The molecule has 1 amide bonds. The Labute approximate surface area is 267 Å². The van der Waals surface area contributed by atoms with Crippen LogP contribution >= 0.6 is 0 Å². The Morgan fingerprint density at radius 3 is 2.33 bits per heavy atom. The van der Waals surface area contributed by atoms with Gasteiger partial charge in [-0.25, -0.2) is 9.78 Å². The molecule has 4 aromatic rings. The minimum Gasteiger partial charge on any atom is -0.444 e. The molecule has 0 saturated carbocycles. The standard InChI is InChI=1S/C33H41N7O6/c1-33(2,3)46-32(44)36-22-14-15-39(17-22)31-37-28(34-16-23(20-10-6-4-7-11-20)21-12-8-5-9-13-21)25-29(38-31)40(19-35-25)30-27(43)26(42)24(18-41)45-30/h4-13,19,22-24,26-27,30,41-43H,14-18H2,1-3H3,(H,36,44)(H,34,37,38)/t22-,24-,26-,27-,30-/m1/s1. The maximum Gasteiger partial charge on any atom is 0.407 e. The molecule has 0 aliphatic carbocycles. The number of carbonyl (C=O) groups excluding carboxylic acids is 1. The number of anilines is 2. The molecule has 0 unspecified atom stereocenters. The SMILES string of the molecule is CC(C)(C)OC(=O)N[C@@H]1CCN(c2nc(NCC(c3ccccc3)c3ccccc3)c3ncn([C@@H]4O[C@H](CO)[C@@H](O)[C@H]4O)c3n2)C1. The second kappa shape index (κ2) is 13.2. The third-order valence-electron chi connectivity index (χ3n) is 8.27. The van der Waals surface area contributed by atoms with Crippen LogP contribution in [0, 0.1) is 0 Å². The monoisotopic (exact) mass is 631 g/mol. The highest BCUT2D eigenvalue weighted by molar-refractivity contribution is 5.84. The molecule has 5 N–H and O–H groups in total. The Hall–Kier alpha value is -4.30. The molecule has 0 bridgehead atoms. The van der Waals surface area contributed by atoms with Crippen molar-refractivity contribution in [3.8, 4) is 0 Å². The minimum atomic E-state index is -1.31. The molecule has 0 radical (unpaired) electrons. The van der Waals surface area contributed by atoms with Gasteiger partial charge in [0.15, 0.2) is 23.2 Å².